The summed E-state index contributed by atoms with van der Waals surface area (Å²) in [6.45, 7) is 6.36. The Kier molecular flexibility index (Phi) is 8.27. The van der Waals surface area contributed by atoms with Gasteiger partial charge in [0.25, 0.3) is 0 Å². The summed E-state index contributed by atoms with van der Waals surface area (Å²) < 4.78 is 10.8. The highest BCUT2D eigenvalue weighted by Gasteiger charge is 2.13. The fourth-order valence-electron chi connectivity index (χ4n) is 2.73. The Bertz CT molecular complexity index is 839. The van der Waals surface area contributed by atoms with Crippen molar-refractivity contribution in [1.29, 1.82) is 0 Å². The SMILES string of the molecule is COc1ccc(/C=C/C(=O)NC(C)C(=O)NCCOc2cc(C)cc(C)c2)cc1. The third-order valence-corrected chi connectivity index (χ3v) is 4.16. The summed E-state index contributed by atoms with van der Waals surface area (Å²) in [4.78, 5) is 24.1. The van der Waals surface area contributed by atoms with Gasteiger partial charge in [-0.1, -0.05) is 18.2 Å². The number of nitrogens with one attached hydrogen (secondary N) is 2. The lowest BCUT2D eigenvalue weighted by atomic mass is 10.1. The number of methoxy groups -OCH3 is 1. The van der Waals surface area contributed by atoms with Crippen LogP contribution in [0.5, 0.6) is 11.5 Å². The largest absolute Gasteiger partial charge is 0.497 e. The number of hydrogen-bond acceptors (Lipinski definition) is 4. The Morgan fingerprint density at radius 2 is 1.69 bits per heavy atom. The van der Waals surface area contributed by atoms with Crippen molar-refractivity contribution in [1.82, 2.24) is 10.6 Å². The van der Waals surface area contributed by atoms with Crippen LogP contribution in [0, 0.1) is 13.8 Å². The molecule has 1 unspecified atom stereocenters. The van der Waals surface area contributed by atoms with Gasteiger partial charge in [0, 0.05) is 6.08 Å². The summed E-state index contributed by atoms with van der Waals surface area (Å²) >= 11 is 0. The van der Waals surface area contributed by atoms with E-state index in [-0.39, 0.29) is 11.8 Å². The predicted octanol–water partition coefficient (Wildman–Crippen LogP) is 3.03. The number of hydrogen-bond donors (Lipinski definition) is 2. The van der Waals surface area contributed by atoms with Crippen LogP contribution in [0.4, 0.5) is 0 Å². The van der Waals surface area contributed by atoms with Gasteiger partial charge in [0.2, 0.25) is 11.8 Å². The van der Waals surface area contributed by atoms with Gasteiger partial charge in [-0.15, -0.1) is 0 Å². The van der Waals surface area contributed by atoms with Crippen molar-refractivity contribution in [3.8, 4) is 11.5 Å². The van der Waals surface area contributed by atoms with Crippen LogP contribution in [-0.2, 0) is 9.59 Å². The van der Waals surface area contributed by atoms with Crippen molar-refractivity contribution in [3.63, 3.8) is 0 Å². The van der Waals surface area contributed by atoms with Crippen molar-refractivity contribution in [2.45, 2.75) is 26.8 Å². The molecule has 2 rings (SSSR count). The van der Waals surface area contributed by atoms with Gasteiger partial charge in [0.1, 0.15) is 24.1 Å². The molecule has 0 aliphatic heterocycles. The standard InChI is InChI=1S/C23H28N2O4/c1-16-13-17(2)15-21(14-16)29-12-11-24-23(27)18(3)25-22(26)10-7-19-5-8-20(28-4)9-6-19/h5-10,13-15,18H,11-12H2,1-4H3,(H,24,27)(H,25,26)/b10-7+. The normalized spacial score (nSPS) is 11.7. The molecule has 0 heterocycles. The van der Waals surface area contributed by atoms with Gasteiger partial charge in [-0.05, 0) is 67.8 Å². The summed E-state index contributed by atoms with van der Waals surface area (Å²) in [6, 6.07) is 12.6. The van der Waals surface area contributed by atoms with Crippen LogP contribution in [0.25, 0.3) is 6.08 Å². The minimum absolute atomic E-state index is 0.264. The van der Waals surface area contributed by atoms with Crippen molar-refractivity contribution >= 4 is 17.9 Å². The first-order chi connectivity index (χ1) is 13.9. The van der Waals surface area contributed by atoms with E-state index >= 15 is 0 Å². The molecular weight excluding hydrogens is 368 g/mol. The number of ether oxygens (including phenoxy) is 2. The van der Waals surface area contributed by atoms with Gasteiger partial charge in [-0.25, -0.2) is 0 Å². The molecule has 0 spiro atoms. The van der Waals surface area contributed by atoms with Crippen LogP contribution in [0.15, 0.2) is 48.5 Å². The average molecular weight is 396 g/mol. The second kappa shape index (κ2) is 10.9. The first-order valence-corrected chi connectivity index (χ1v) is 9.49. The Hall–Kier alpha value is -3.28. The van der Waals surface area contributed by atoms with Crippen LogP contribution >= 0.6 is 0 Å². The highest BCUT2D eigenvalue weighted by molar-refractivity contribution is 5.95. The number of benzene rings is 2. The average Bonchev–Trinajstić information content (AvgIpc) is 2.69. The smallest absolute Gasteiger partial charge is 0.244 e. The van der Waals surface area contributed by atoms with E-state index in [2.05, 4.69) is 16.7 Å². The van der Waals surface area contributed by atoms with Gasteiger partial charge in [-0.3, -0.25) is 9.59 Å². The molecule has 0 radical (unpaired) electrons. The summed E-state index contributed by atoms with van der Waals surface area (Å²) in [5.74, 6) is 0.926. The van der Waals surface area contributed by atoms with Gasteiger partial charge >= 0.3 is 0 Å². The lowest BCUT2D eigenvalue weighted by Crippen LogP contribution is -2.45. The molecule has 2 N–H and O–H groups in total. The van der Waals surface area contributed by atoms with E-state index in [1.807, 2.05) is 50.2 Å². The minimum atomic E-state index is -0.649. The van der Waals surface area contributed by atoms with E-state index < -0.39 is 6.04 Å². The molecular formula is C23H28N2O4. The van der Waals surface area contributed by atoms with E-state index in [1.54, 1.807) is 20.1 Å². The number of carbonyl (C=O) groups is 2. The summed E-state index contributed by atoms with van der Waals surface area (Å²) in [5.41, 5.74) is 3.12. The first-order valence-electron chi connectivity index (χ1n) is 9.49. The Morgan fingerprint density at radius 3 is 2.31 bits per heavy atom. The third-order valence-electron chi connectivity index (χ3n) is 4.16. The number of aryl methyl sites for hydroxylation is 2. The quantitative estimate of drug-likeness (QED) is 0.505. The zero-order valence-electron chi connectivity index (χ0n) is 17.3. The highest BCUT2D eigenvalue weighted by Crippen LogP contribution is 2.15. The lowest BCUT2D eigenvalue weighted by Gasteiger charge is -2.13. The molecule has 0 aromatic heterocycles. The molecule has 0 saturated heterocycles. The Morgan fingerprint density at radius 1 is 1.03 bits per heavy atom. The molecule has 1 atom stereocenters. The maximum absolute atomic E-state index is 12.1. The third kappa shape index (κ3) is 7.70. The molecule has 0 aliphatic carbocycles. The van der Waals surface area contributed by atoms with Crippen molar-refractivity contribution < 1.29 is 19.1 Å². The lowest BCUT2D eigenvalue weighted by molar-refractivity contribution is -0.126. The Labute approximate surface area is 171 Å². The van der Waals surface area contributed by atoms with Crippen LogP contribution in [0.2, 0.25) is 0 Å². The molecule has 0 saturated carbocycles. The zero-order valence-corrected chi connectivity index (χ0v) is 17.3. The molecule has 6 nitrogen and oxygen atoms in total. The second-order valence-corrected chi connectivity index (χ2v) is 6.80. The Balaban J connectivity index is 1.71. The second-order valence-electron chi connectivity index (χ2n) is 6.80. The van der Waals surface area contributed by atoms with Gasteiger partial charge in [0.15, 0.2) is 0 Å². The fourth-order valence-corrected chi connectivity index (χ4v) is 2.73. The topological polar surface area (TPSA) is 76.7 Å². The molecule has 154 valence electrons. The maximum atomic E-state index is 12.1. The van der Waals surface area contributed by atoms with Crippen molar-refractivity contribution in [2.24, 2.45) is 0 Å². The van der Waals surface area contributed by atoms with Gasteiger partial charge in [-0.2, -0.15) is 0 Å². The van der Waals surface area contributed by atoms with E-state index in [1.165, 1.54) is 6.08 Å². The first kappa shape index (κ1) is 22.0. The van der Waals surface area contributed by atoms with Crippen molar-refractivity contribution in [2.75, 3.05) is 20.3 Å². The monoisotopic (exact) mass is 396 g/mol. The predicted molar refractivity (Wildman–Crippen MR) is 114 cm³/mol. The molecule has 29 heavy (non-hydrogen) atoms. The molecule has 2 amide bonds. The fraction of sp³-hybridized carbons (Fsp3) is 0.304. The van der Waals surface area contributed by atoms with E-state index in [0.717, 1.165) is 28.2 Å². The summed E-state index contributed by atoms with van der Waals surface area (Å²) in [7, 11) is 1.60. The zero-order chi connectivity index (χ0) is 21.2. The molecule has 2 aromatic carbocycles. The molecule has 2 aromatic rings. The van der Waals surface area contributed by atoms with E-state index in [4.69, 9.17) is 9.47 Å². The molecule has 0 aliphatic rings. The van der Waals surface area contributed by atoms with Gasteiger partial charge in [0.05, 0.1) is 13.7 Å². The number of rotatable bonds is 9. The van der Waals surface area contributed by atoms with Crippen LogP contribution in [0.1, 0.15) is 23.6 Å². The molecule has 0 bridgehead atoms. The van der Waals surface area contributed by atoms with Crippen LogP contribution < -0.4 is 20.1 Å². The van der Waals surface area contributed by atoms with Gasteiger partial charge < -0.3 is 20.1 Å². The molecule has 6 heteroatoms. The van der Waals surface area contributed by atoms with Crippen LogP contribution in [-0.4, -0.2) is 38.1 Å². The van der Waals surface area contributed by atoms with Crippen LogP contribution in [0.3, 0.4) is 0 Å². The number of amides is 2. The number of carbonyl (C=O) groups excluding carboxylic acids is 2. The molecule has 0 fully saturated rings. The van der Waals surface area contributed by atoms with E-state index in [0.29, 0.717) is 13.2 Å². The maximum Gasteiger partial charge on any atom is 0.244 e. The minimum Gasteiger partial charge on any atom is -0.497 e. The summed E-state index contributed by atoms with van der Waals surface area (Å²) in [5, 5.41) is 5.40. The summed E-state index contributed by atoms with van der Waals surface area (Å²) in [6.07, 6.45) is 3.08. The van der Waals surface area contributed by atoms with Crippen molar-refractivity contribution in [3.05, 3.63) is 65.2 Å². The highest BCUT2D eigenvalue weighted by atomic mass is 16.5. The van der Waals surface area contributed by atoms with E-state index in [9.17, 15) is 9.59 Å².